The standard InChI is InChI=1S/C27H26N4O3/c1-17-10-11-21-23(14-17)29-25(22-8-3-4-9-24(22)32)30-26(21)31-13-12-19(16-31)28-27(33)18-6-5-7-20(15-18)34-2/h3-11,14-15,19,32H,12-13,16H2,1-2H3,(H,28,33)/t19-/m1/s1. The Balaban J connectivity index is 1.44. The number of carbonyl (C=O) groups is 1. The lowest BCUT2D eigenvalue weighted by molar-refractivity contribution is 0.0940. The first-order valence-corrected chi connectivity index (χ1v) is 11.3. The van der Waals surface area contributed by atoms with Gasteiger partial charge in [-0.05, 0) is 61.4 Å². The molecular formula is C27H26N4O3. The number of rotatable bonds is 5. The molecule has 1 fully saturated rings. The zero-order chi connectivity index (χ0) is 23.7. The highest BCUT2D eigenvalue weighted by molar-refractivity contribution is 5.95. The van der Waals surface area contributed by atoms with E-state index in [1.165, 1.54) is 0 Å². The number of hydrogen-bond acceptors (Lipinski definition) is 6. The Hall–Kier alpha value is -4.13. The summed E-state index contributed by atoms with van der Waals surface area (Å²) in [5.74, 6) is 1.96. The minimum atomic E-state index is -0.121. The van der Waals surface area contributed by atoms with Crippen molar-refractivity contribution in [2.75, 3.05) is 25.1 Å². The molecule has 0 unspecified atom stereocenters. The fourth-order valence-corrected chi connectivity index (χ4v) is 4.35. The Bertz CT molecular complexity index is 1370. The molecule has 0 bridgehead atoms. The molecule has 5 rings (SSSR count). The van der Waals surface area contributed by atoms with E-state index < -0.39 is 0 Å². The topological polar surface area (TPSA) is 87.6 Å². The van der Waals surface area contributed by atoms with Crippen molar-refractivity contribution in [3.63, 3.8) is 0 Å². The van der Waals surface area contributed by atoms with E-state index in [1.807, 2.05) is 49.4 Å². The van der Waals surface area contributed by atoms with Crippen molar-refractivity contribution in [2.45, 2.75) is 19.4 Å². The number of carbonyl (C=O) groups excluding carboxylic acids is 1. The molecule has 1 aliphatic heterocycles. The summed E-state index contributed by atoms with van der Waals surface area (Å²) >= 11 is 0. The second kappa shape index (κ2) is 9.02. The maximum atomic E-state index is 12.8. The summed E-state index contributed by atoms with van der Waals surface area (Å²) in [6.07, 6.45) is 0.805. The molecule has 0 radical (unpaired) electrons. The number of fused-ring (bicyclic) bond motifs is 1. The maximum absolute atomic E-state index is 12.8. The molecule has 34 heavy (non-hydrogen) atoms. The van der Waals surface area contributed by atoms with Crippen LogP contribution in [0.4, 0.5) is 5.82 Å². The van der Waals surface area contributed by atoms with E-state index in [9.17, 15) is 9.90 Å². The molecule has 0 aliphatic carbocycles. The van der Waals surface area contributed by atoms with E-state index in [1.54, 1.807) is 31.4 Å². The van der Waals surface area contributed by atoms with Crippen LogP contribution in [0.5, 0.6) is 11.5 Å². The van der Waals surface area contributed by atoms with Gasteiger partial charge in [-0.25, -0.2) is 9.97 Å². The molecule has 1 atom stereocenters. The SMILES string of the molecule is COc1cccc(C(=O)N[C@@H]2CCN(c3nc(-c4ccccc4O)nc4cc(C)ccc34)C2)c1. The molecule has 2 N–H and O–H groups in total. The molecule has 1 amide bonds. The van der Waals surface area contributed by atoms with Crippen molar-refractivity contribution in [3.05, 3.63) is 77.9 Å². The van der Waals surface area contributed by atoms with Gasteiger partial charge in [-0.1, -0.05) is 24.3 Å². The van der Waals surface area contributed by atoms with Crippen molar-refractivity contribution < 1.29 is 14.6 Å². The maximum Gasteiger partial charge on any atom is 0.251 e. The molecule has 7 nitrogen and oxygen atoms in total. The van der Waals surface area contributed by atoms with Crippen LogP contribution in [0.15, 0.2) is 66.7 Å². The Morgan fingerprint density at radius 2 is 1.94 bits per heavy atom. The van der Waals surface area contributed by atoms with Gasteiger partial charge >= 0.3 is 0 Å². The number of hydrogen-bond donors (Lipinski definition) is 2. The van der Waals surface area contributed by atoms with Crippen molar-refractivity contribution in [2.24, 2.45) is 0 Å². The quantitative estimate of drug-likeness (QED) is 0.467. The van der Waals surface area contributed by atoms with Gasteiger partial charge in [0.25, 0.3) is 5.91 Å². The number of methoxy groups -OCH3 is 1. The number of amides is 1. The Morgan fingerprint density at radius 1 is 1.09 bits per heavy atom. The fourth-order valence-electron chi connectivity index (χ4n) is 4.35. The summed E-state index contributed by atoms with van der Waals surface area (Å²) in [4.78, 5) is 24.6. The van der Waals surface area contributed by atoms with Crippen LogP contribution in [-0.2, 0) is 0 Å². The summed E-state index contributed by atoms with van der Waals surface area (Å²) in [5.41, 5.74) is 3.09. The number of nitrogens with zero attached hydrogens (tertiary/aromatic N) is 3. The van der Waals surface area contributed by atoms with Crippen LogP contribution in [0.1, 0.15) is 22.3 Å². The lowest BCUT2D eigenvalue weighted by Gasteiger charge is -2.21. The first-order valence-electron chi connectivity index (χ1n) is 11.3. The zero-order valence-corrected chi connectivity index (χ0v) is 19.2. The van der Waals surface area contributed by atoms with Gasteiger partial charge in [-0.15, -0.1) is 0 Å². The summed E-state index contributed by atoms with van der Waals surface area (Å²) in [6.45, 7) is 3.42. The molecular weight excluding hydrogens is 428 g/mol. The number of aromatic nitrogens is 2. The largest absolute Gasteiger partial charge is 0.507 e. The Morgan fingerprint density at radius 3 is 2.76 bits per heavy atom. The third kappa shape index (κ3) is 4.24. The van der Waals surface area contributed by atoms with Gasteiger partial charge < -0.3 is 20.1 Å². The molecule has 3 aromatic carbocycles. The third-order valence-corrected chi connectivity index (χ3v) is 6.13. The number of anilines is 1. The van der Waals surface area contributed by atoms with Crippen LogP contribution >= 0.6 is 0 Å². The molecule has 4 aromatic rings. The summed E-state index contributed by atoms with van der Waals surface area (Å²) < 4.78 is 5.23. The smallest absolute Gasteiger partial charge is 0.251 e. The van der Waals surface area contributed by atoms with E-state index in [2.05, 4.69) is 10.2 Å². The molecule has 1 aliphatic rings. The van der Waals surface area contributed by atoms with Gasteiger partial charge in [0.05, 0.1) is 18.2 Å². The van der Waals surface area contributed by atoms with E-state index in [4.69, 9.17) is 14.7 Å². The molecule has 0 saturated carbocycles. The lowest BCUT2D eigenvalue weighted by atomic mass is 10.1. The van der Waals surface area contributed by atoms with Gasteiger partial charge in [0.1, 0.15) is 17.3 Å². The minimum Gasteiger partial charge on any atom is -0.507 e. The van der Waals surface area contributed by atoms with Gasteiger partial charge in [0.2, 0.25) is 0 Å². The van der Waals surface area contributed by atoms with Crippen molar-refractivity contribution in [3.8, 4) is 22.9 Å². The monoisotopic (exact) mass is 454 g/mol. The lowest BCUT2D eigenvalue weighted by Crippen LogP contribution is -2.37. The summed E-state index contributed by atoms with van der Waals surface area (Å²) in [7, 11) is 1.59. The fraction of sp³-hybridized carbons (Fsp3) is 0.222. The molecule has 7 heteroatoms. The highest BCUT2D eigenvalue weighted by atomic mass is 16.5. The normalized spacial score (nSPS) is 15.5. The van der Waals surface area contributed by atoms with Gasteiger partial charge in [-0.3, -0.25) is 4.79 Å². The molecule has 0 spiro atoms. The third-order valence-electron chi connectivity index (χ3n) is 6.13. The summed E-state index contributed by atoms with van der Waals surface area (Å²) in [5, 5.41) is 14.5. The highest BCUT2D eigenvalue weighted by Gasteiger charge is 2.27. The van der Waals surface area contributed by atoms with Gasteiger partial charge in [0, 0.05) is 30.1 Å². The predicted octanol–water partition coefficient (Wildman–Crippen LogP) is 4.33. The number of aryl methyl sites for hydroxylation is 1. The van der Waals surface area contributed by atoms with Gasteiger partial charge in [0.15, 0.2) is 5.82 Å². The van der Waals surface area contributed by atoms with Crippen LogP contribution in [0.25, 0.3) is 22.3 Å². The minimum absolute atomic E-state index is 0.0113. The molecule has 2 heterocycles. The van der Waals surface area contributed by atoms with Crippen molar-refractivity contribution in [1.82, 2.24) is 15.3 Å². The Kier molecular flexibility index (Phi) is 5.76. The average Bonchev–Trinajstić information content (AvgIpc) is 3.31. The van der Waals surface area contributed by atoms with Crippen LogP contribution < -0.4 is 15.0 Å². The first kappa shape index (κ1) is 21.7. The number of benzene rings is 3. The van der Waals surface area contributed by atoms with Crippen molar-refractivity contribution in [1.29, 1.82) is 0 Å². The average molecular weight is 455 g/mol. The van der Waals surface area contributed by atoms with Crippen LogP contribution in [-0.4, -0.2) is 47.2 Å². The molecule has 172 valence electrons. The number of nitrogens with one attached hydrogen (secondary N) is 1. The first-order chi connectivity index (χ1) is 16.5. The number of para-hydroxylation sites is 1. The van der Waals surface area contributed by atoms with Crippen LogP contribution in [0.3, 0.4) is 0 Å². The van der Waals surface area contributed by atoms with E-state index >= 15 is 0 Å². The van der Waals surface area contributed by atoms with Crippen molar-refractivity contribution >= 4 is 22.6 Å². The highest BCUT2D eigenvalue weighted by Crippen LogP contribution is 2.33. The molecule has 1 saturated heterocycles. The van der Waals surface area contributed by atoms with E-state index in [-0.39, 0.29) is 17.7 Å². The number of phenolic OH excluding ortho intramolecular Hbond substituents is 1. The number of phenols is 1. The van der Waals surface area contributed by atoms with Crippen LogP contribution in [0, 0.1) is 6.92 Å². The second-order valence-electron chi connectivity index (χ2n) is 8.55. The van der Waals surface area contributed by atoms with Crippen LogP contribution in [0.2, 0.25) is 0 Å². The van der Waals surface area contributed by atoms with E-state index in [0.29, 0.717) is 29.2 Å². The van der Waals surface area contributed by atoms with Gasteiger partial charge in [-0.2, -0.15) is 0 Å². The van der Waals surface area contributed by atoms with E-state index in [0.717, 1.165) is 35.2 Å². The summed E-state index contributed by atoms with van der Waals surface area (Å²) in [6, 6.07) is 20.3. The zero-order valence-electron chi connectivity index (χ0n) is 19.2. The number of ether oxygens (including phenoxy) is 1. The predicted molar refractivity (Wildman–Crippen MR) is 132 cm³/mol. The Labute approximate surface area is 198 Å². The molecule has 1 aromatic heterocycles. The number of aromatic hydroxyl groups is 1. The second-order valence-corrected chi connectivity index (χ2v) is 8.55.